The van der Waals surface area contributed by atoms with Crippen LogP contribution in [0.15, 0.2) is 68.9 Å². The number of rotatable bonds is 0. The van der Waals surface area contributed by atoms with Crippen molar-refractivity contribution in [3.05, 3.63) is 65.7 Å². The Kier molecular flexibility index (Phi) is 3.13. The fraction of sp³-hybridized carbons (Fsp3) is 0. The van der Waals surface area contributed by atoms with E-state index in [2.05, 4.69) is 9.40 Å². The molecule has 1 aromatic carbocycles. The summed E-state index contributed by atoms with van der Waals surface area (Å²) in [5, 5.41) is 0.951. The van der Waals surface area contributed by atoms with Crippen molar-refractivity contribution >= 4 is 11.0 Å². The van der Waals surface area contributed by atoms with Gasteiger partial charge in [0.05, 0.1) is 6.20 Å². The van der Waals surface area contributed by atoms with Crippen LogP contribution in [0.3, 0.4) is 0 Å². The normalized spacial score (nSPS) is 9.50. The molecule has 80 valence electrons. The molecule has 0 spiro atoms. The third-order valence-corrected chi connectivity index (χ3v) is 1.88. The first-order chi connectivity index (χ1) is 7.86. The Morgan fingerprint density at radius 2 is 1.94 bits per heavy atom. The predicted octanol–water partition coefficient (Wildman–Crippen LogP) is 2.47. The van der Waals surface area contributed by atoms with E-state index in [1.165, 1.54) is 18.7 Å². The van der Waals surface area contributed by atoms with Gasteiger partial charge in [-0.15, -0.1) is 0 Å². The van der Waals surface area contributed by atoms with Gasteiger partial charge in [0.25, 0.3) is 0 Å². The largest absolute Gasteiger partial charge is 0.452 e. The highest BCUT2D eigenvalue weighted by atomic mass is 16.4. The Morgan fingerprint density at radius 3 is 2.62 bits per heavy atom. The Balaban J connectivity index is 0.000000162. The highest BCUT2D eigenvalue weighted by Crippen LogP contribution is 2.08. The molecule has 0 N–H and O–H groups in total. The second-order valence-electron chi connectivity index (χ2n) is 2.97. The fourth-order valence-electron chi connectivity index (χ4n) is 1.19. The highest BCUT2D eigenvalue weighted by Gasteiger charge is 1.92. The third kappa shape index (κ3) is 2.57. The van der Waals surface area contributed by atoms with Crippen LogP contribution in [0.2, 0.25) is 0 Å². The van der Waals surface area contributed by atoms with Crippen LogP contribution in [-0.2, 0) is 0 Å². The molecule has 3 rings (SSSR count). The molecule has 3 aromatic rings. The van der Waals surface area contributed by atoms with Gasteiger partial charge in [0, 0.05) is 11.5 Å². The number of oxazole rings is 1. The van der Waals surface area contributed by atoms with Crippen LogP contribution < -0.4 is 5.63 Å². The molecule has 0 unspecified atom stereocenters. The number of aromatic nitrogens is 1. The number of para-hydroxylation sites is 1. The monoisotopic (exact) mass is 215 g/mol. The fourth-order valence-corrected chi connectivity index (χ4v) is 1.19. The lowest BCUT2D eigenvalue weighted by Crippen LogP contribution is -1.93. The van der Waals surface area contributed by atoms with E-state index >= 15 is 0 Å². The Hall–Kier alpha value is -2.36. The first-order valence-electron chi connectivity index (χ1n) is 4.67. The van der Waals surface area contributed by atoms with Gasteiger partial charge in [-0.3, -0.25) is 0 Å². The van der Waals surface area contributed by atoms with Gasteiger partial charge in [-0.1, -0.05) is 18.2 Å². The van der Waals surface area contributed by atoms with Crippen molar-refractivity contribution < 1.29 is 8.83 Å². The Bertz CT molecular complexity index is 582. The highest BCUT2D eigenvalue weighted by molar-refractivity contribution is 5.75. The summed E-state index contributed by atoms with van der Waals surface area (Å²) in [6.07, 6.45) is 4.47. The van der Waals surface area contributed by atoms with Crippen LogP contribution >= 0.6 is 0 Å². The summed E-state index contributed by atoms with van der Waals surface area (Å²) in [7, 11) is 0. The molecule has 0 fully saturated rings. The van der Waals surface area contributed by atoms with Crippen molar-refractivity contribution in [2.75, 3.05) is 0 Å². The number of fused-ring (bicyclic) bond motifs is 1. The quantitative estimate of drug-likeness (QED) is 0.540. The molecule has 4 nitrogen and oxygen atoms in total. The molecule has 0 bridgehead atoms. The van der Waals surface area contributed by atoms with Crippen molar-refractivity contribution in [1.29, 1.82) is 0 Å². The maximum Gasteiger partial charge on any atom is 0.336 e. The van der Waals surface area contributed by atoms with Gasteiger partial charge >= 0.3 is 5.63 Å². The van der Waals surface area contributed by atoms with Gasteiger partial charge in [-0.25, -0.2) is 9.78 Å². The van der Waals surface area contributed by atoms with Crippen LogP contribution in [0.5, 0.6) is 0 Å². The number of hydrogen-bond donors (Lipinski definition) is 0. The van der Waals surface area contributed by atoms with Crippen LogP contribution in [0, 0.1) is 0 Å². The van der Waals surface area contributed by atoms with E-state index in [4.69, 9.17) is 4.42 Å². The minimum Gasteiger partial charge on any atom is -0.452 e. The summed E-state index contributed by atoms with van der Waals surface area (Å²) >= 11 is 0. The molecule has 0 radical (unpaired) electrons. The molecule has 0 aliphatic heterocycles. The minimum atomic E-state index is -0.302. The van der Waals surface area contributed by atoms with E-state index in [0.717, 1.165) is 5.39 Å². The number of nitrogens with zero attached hydrogens (tertiary/aromatic N) is 1. The van der Waals surface area contributed by atoms with Crippen molar-refractivity contribution in [2.45, 2.75) is 0 Å². The molecular weight excluding hydrogens is 206 g/mol. The van der Waals surface area contributed by atoms with Crippen molar-refractivity contribution in [2.24, 2.45) is 0 Å². The van der Waals surface area contributed by atoms with Gasteiger partial charge in [-0.2, -0.15) is 0 Å². The summed E-state index contributed by atoms with van der Waals surface area (Å²) in [6, 6.07) is 10.6. The molecule has 0 aliphatic carbocycles. The predicted molar refractivity (Wildman–Crippen MR) is 59.0 cm³/mol. The summed E-state index contributed by atoms with van der Waals surface area (Å²) in [5.41, 5.74) is 0.337. The number of hydrogen-bond acceptors (Lipinski definition) is 4. The molecule has 0 amide bonds. The van der Waals surface area contributed by atoms with Crippen LogP contribution in [-0.4, -0.2) is 4.98 Å². The SMILES string of the molecule is O=c1ccc2ccccc2o1.c1cocn1. The second kappa shape index (κ2) is 4.93. The van der Waals surface area contributed by atoms with Crippen LogP contribution in [0.1, 0.15) is 0 Å². The second-order valence-corrected chi connectivity index (χ2v) is 2.97. The minimum absolute atomic E-state index is 0.302. The first-order valence-corrected chi connectivity index (χ1v) is 4.67. The van der Waals surface area contributed by atoms with Crippen molar-refractivity contribution in [1.82, 2.24) is 4.98 Å². The van der Waals surface area contributed by atoms with Crippen LogP contribution in [0.25, 0.3) is 11.0 Å². The first kappa shape index (κ1) is 10.2. The zero-order chi connectivity index (χ0) is 11.2. The zero-order valence-electron chi connectivity index (χ0n) is 8.37. The molecule has 0 saturated heterocycles. The maximum absolute atomic E-state index is 10.7. The van der Waals surface area contributed by atoms with Gasteiger partial charge in [0.1, 0.15) is 11.8 Å². The Morgan fingerprint density at radius 1 is 1.06 bits per heavy atom. The number of benzene rings is 1. The molecule has 4 heteroatoms. The van der Waals surface area contributed by atoms with Crippen molar-refractivity contribution in [3.63, 3.8) is 0 Å². The molecule has 0 aliphatic rings. The smallest absolute Gasteiger partial charge is 0.336 e. The average molecular weight is 215 g/mol. The maximum atomic E-state index is 10.7. The zero-order valence-corrected chi connectivity index (χ0v) is 8.37. The lowest BCUT2D eigenvalue weighted by Gasteiger charge is -1.91. The van der Waals surface area contributed by atoms with Crippen LogP contribution in [0.4, 0.5) is 0 Å². The van der Waals surface area contributed by atoms with E-state index in [9.17, 15) is 4.79 Å². The van der Waals surface area contributed by atoms with Gasteiger partial charge < -0.3 is 8.83 Å². The molecule has 0 atom stereocenters. The van der Waals surface area contributed by atoms with E-state index in [1.54, 1.807) is 18.3 Å². The summed E-state index contributed by atoms with van der Waals surface area (Å²) < 4.78 is 9.38. The van der Waals surface area contributed by atoms with E-state index < -0.39 is 0 Å². The molecule has 16 heavy (non-hydrogen) atoms. The lowest BCUT2D eigenvalue weighted by molar-refractivity contribution is 0.558. The van der Waals surface area contributed by atoms with Gasteiger partial charge in [-0.05, 0) is 12.1 Å². The van der Waals surface area contributed by atoms with E-state index in [1.807, 2.05) is 18.2 Å². The summed E-state index contributed by atoms with van der Waals surface area (Å²) in [4.78, 5) is 14.3. The van der Waals surface area contributed by atoms with Gasteiger partial charge in [0.2, 0.25) is 0 Å². The van der Waals surface area contributed by atoms with E-state index in [-0.39, 0.29) is 5.63 Å². The average Bonchev–Trinajstić information content (AvgIpc) is 2.87. The third-order valence-electron chi connectivity index (χ3n) is 1.88. The van der Waals surface area contributed by atoms with E-state index in [0.29, 0.717) is 5.58 Å². The standard InChI is InChI=1S/C9H6O2.C3H3NO/c10-9-6-5-7-3-1-2-4-8(7)11-9;1-2-5-3-4-1/h1-6H;1-3H. The van der Waals surface area contributed by atoms with Crippen molar-refractivity contribution in [3.8, 4) is 0 Å². The Labute approximate surface area is 91.2 Å². The lowest BCUT2D eigenvalue weighted by atomic mass is 10.2. The molecule has 0 saturated carbocycles. The summed E-state index contributed by atoms with van der Waals surface area (Å²) in [6.45, 7) is 0. The summed E-state index contributed by atoms with van der Waals surface area (Å²) in [5.74, 6) is 0. The molecule has 2 aromatic heterocycles. The van der Waals surface area contributed by atoms with Gasteiger partial charge in [0.15, 0.2) is 6.39 Å². The molecular formula is C12H9NO3. The molecule has 2 heterocycles. The topological polar surface area (TPSA) is 56.2 Å².